The van der Waals surface area contributed by atoms with E-state index >= 15 is 0 Å². The highest BCUT2D eigenvalue weighted by Crippen LogP contribution is 2.20. The van der Waals surface area contributed by atoms with Crippen LogP contribution < -0.4 is 0 Å². The number of allylic oxidation sites excluding steroid dienone is 1. The Labute approximate surface area is 115 Å². The summed E-state index contributed by atoms with van der Waals surface area (Å²) in [4.78, 5) is 2.40. The molecule has 1 aromatic rings. The third-order valence-electron chi connectivity index (χ3n) is 3.38. The van der Waals surface area contributed by atoms with Crippen LogP contribution in [0.1, 0.15) is 18.4 Å². The Kier molecular flexibility index (Phi) is 5.92. The van der Waals surface area contributed by atoms with Gasteiger partial charge < -0.3 is 14.4 Å². The van der Waals surface area contributed by atoms with Gasteiger partial charge in [-0.1, -0.05) is 30.3 Å². The summed E-state index contributed by atoms with van der Waals surface area (Å²) in [5.74, 6) is 0. The van der Waals surface area contributed by atoms with Gasteiger partial charge in [-0.05, 0) is 24.5 Å². The molecule has 104 valence electrons. The summed E-state index contributed by atoms with van der Waals surface area (Å²) in [6, 6.07) is 10.3. The zero-order valence-electron chi connectivity index (χ0n) is 11.7. The fraction of sp³-hybridized carbons (Fsp3) is 0.500. The van der Waals surface area contributed by atoms with Crippen molar-refractivity contribution in [2.75, 3.05) is 33.4 Å². The molecule has 0 aliphatic carbocycles. The number of hydrogen-bond acceptors (Lipinski definition) is 3. The Morgan fingerprint density at radius 2 is 2.11 bits per heavy atom. The maximum atomic E-state index is 5.70. The van der Waals surface area contributed by atoms with Crippen molar-refractivity contribution in [2.24, 2.45) is 0 Å². The van der Waals surface area contributed by atoms with E-state index in [-0.39, 0.29) is 0 Å². The molecule has 2 rings (SSSR count). The molecule has 1 aromatic carbocycles. The average molecular weight is 261 g/mol. The Bertz CT molecular complexity index is 389. The first-order valence-electron chi connectivity index (χ1n) is 6.95. The average Bonchev–Trinajstić information content (AvgIpc) is 2.90. The van der Waals surface area contributed by atoms with Crippen LogP contribution in [0.2, 0.25) is 0 Å². The van der Waals surface area contributed by atoms with Crippen LogP contribution in [0.5, 0.6) is 0 Å². The number of likely N-dealkylation sites (tertiary alicyclic amines) is 1. The predicted octanol–water partition coefficient (Wildman–Crippen LogP) is 2.83. The highest BCUT2D eigenvalue weighted by Gasteiger charge is 2.15. The molecule has 3 nitrogen and oxygen atoms in total. The number of hydrogen-bond donors (Lipinski definition) is 0. The van der Waals surface area contributed by atoms with Crippen molar-refractivity contribution in [1.29, 1.82) is 0 Å². The second-order valence-corrected chi connectivity index (χ2v) is 4.78. The van der Waals surface area contributed by atoms with Crippen LogP contribution in [0.3, 0.4) is 0 Å². The number of rotatable bonds is 7. The maximum absolute atomic E-state index is 5.70. The van der Waals surface area contributed by atoms with Crippen LogP contribution in [0.4, 0.5) is 0 Å². The molecule has 1 aliphatic heterocycles. The third kappa shape index (κ3) is 4.69. The quantitative estimate of drug-likeness (QED) is 0.704. The normalized spacial score (nSPS) is 17.3. The number of methoxy groups -OCH3 is 1. The van der Waals surface area contributed by atoms with Crippen molar-refractivity contribution in [3.8, 4) is 0 Å². The zero-order valence-corrected chi connectivity index (χ0v) is 11.7. The van der Waals surface area contributed by atoms with Crippen LogP contribution in [0.25, 0.3) is 0 Å². The van der Waals surface area contributed by atoms with Crippen molar-refractivity contribution in [2.45, 2.75) is 19.4 Å². The first-order valence-corrected chi connectivity index (χ1v) is 6.95. The Morgan fingerprint density at radius 1 is 1.26 bits per heavy atom. The summed E-state index contributed by atoms with van der Waals surface area (Å²) in [7, 11) is 1.75. The highest BCUT2D eigenvalue weighted by molar-refractivity contribution is 5.13. The van der Waals surface area contributed by atoms with Crippen molar-refractivity contribution in [1.82, 2.24) is 4.90 Å². The minimum atomic E-state index is 0.683. The summed E-state index contributed by atoms with van der Waals surface area (Å²) < 4.78 is 10.8. The van der Waals surface area contributed by atoms with Crippen molar-refractivity contribution >= 4 is 0 Å². The molecular formula is C16H23NO2. The second kappa shape index (κ2) is 7.97. The first kappa shape index (κ1) is 14.1. The molecule has 0 bridgehead atoms. The molecule has 0 spiro atoms. The monoisotopic (exact) mass is 261 g/mol. The fourth-order valence-electron chi connectivity index (χ4n) is 2.35. The largest absolute Gasteiger partial charge is 0.383 e. The van der Waals surface area contributed by atoms with Gasteiger partial charge in [-0.3, -0.25) is 0 Å². The van der Waals surface area contributed by atoms with Gasteiger partial charge in [0, 0.05) is 25.9 Å². The summed E-state index contributed by atoms with van der Waals surface area (Å²) in [5.41, 5.74) is 2.63. The molecule has 3 heteroatoms. The molecule has 1 fully saturated rings. The summed E-state index contributed by atoms with van der Waals surface area (Å²) in [6.07, 6.45) is 4.62. The molecule has 0 N–H and O–H groups in total. The highest BCUT2D eigenvalue weighted by atomic mass is 16.5. The van der Waals surface area contributed by atoms with Gasteiger partial charge in [0.1, 0.15) is 0 Å². The summed E-state index contributed by atoms with van der Waals surface area (Å²) in [6.45, 7) is 4.30. The van der Waals surface area contributed by atoms with Gasteiger partial charge in [0.25, 0.3) is 0 Å². The lowest BCUT2D eigenvalue weighted by atomic mass is 10.2. The minimum Gasteiger partial charge on any atom is -0.383 e. The Hall–Kier alpha value is -1.32. The molecule has 0 unspecified atom stereocenters. The molecule has 0 atom stereocenters. The van der Waals surface area contributed by atoms with Gasteiger partial charge >= 0.3 is 0 Å². The van der Waals surface area contributed by atoms with Crippen LogP contribution in [-0.4, -0.2) is 38.3 Å². The number of benzene rings is 1. The number of nitrogens with zero attached hydrogens (tertiary/aromatic N) is 1. The van der Waals surface area contributed by atoms with Crippen LogP contribution in [0.15, 0.2) is 42.1 Å². The van der Waals surface area contributed by atoms with E-state index in [1.165, 1.54) is 24.1 Å². The zero-order chi connectivity index (χ0) is 13.3. The molecule has 0 amide bonds. The lowest BCUT2D eigenvalue weighted by Crippen LogP contribution is -2.22. The van der Waals surface area contributed by atoms with E-state index in [9.17, 15) is 0 Å². The van der Waals surface area contributed by atoms with Gasteiger partial charge in [-0.2, -0.15) is 0 Å². The summed E-state index contributed by atoms with van der Waals surface area (Å²) >= 11 is 0. The Morgan fingerprint density at radius 3 is 2.89 bits per heavy atom. The van der Waals surface area contributed by atoms with Gasteiger partial charge in [0.2, 0.25) is 0 Å². The van der Waals surface area contributed by atoms with Crippen LogP contribution in [-0.2, 0) is 16.1 Å². The van der Waals surface area contributed by atoms with Gasteiger partial charge in [-0.15, -0.1) is 0 Å². The molecule has 19 heavy (non-hydrogen) atoms. The standard InChI is InChI=1S/C16H23NO2/c1-18-13-11-17-10-5-8-16(17)9-12-19-14-15-6-3-2-4-7-15/h2-4,6-7,9H,5,8,10-14H2,1H3/b16-9-. The summed E-state index contributed by atoms with van der Waals surface area (Å²) in [5, 5.41) is 0. The van der Waals surface area contributed by atoms with Crippen molar-refractivity contribution in [3.05, 3.63) is 47.7 Å². The second-order valence-electron chi connectivity index (χ2n) is 4.78. The van der Waals surface area contributed by atoms with Gasteiger partial charge in [0.15, 0.2) is 0 Å². The van der Waals surface area contributed by atoms with Crippen molar-refractivity contribution in [3.63, 3.8) is 0 Å². The van der Waals surface area contributed by atoms with Gasteiger partial charge in [0.05, 0.1) is 19.8 Å². The molecule has 0 aromatic heterocycles. The topological polar surface area (TPSA) is 21.7 Å². The first-order chi connectivity index (χ1) is 9.40. The number of ether oxygens (including phenoxy) is 2. The van der Waals surface area contributed by atoms with E-state index in [1.54, 1.807) is 7.11 Å². The molecule has 0 radical (unpaired) electrons. The molecule has 0 saturated carbocycles. The fourth-order valence-corrected chi connectivity index (χ4v) is 2.35. The molecule has 1 aliphatic rings. The molecular weight excluding hydrogens is 238 g/mol. The molecule has 1 saturated heterocycles. The Balaban J connectivity index is 1.72. The van der Waals surface area contributed by atoms with E-state index < -0.39 is 0 Å². The SMILES string of the molecule is COCCN1CCC/C1=C/COCc1ccccc1. The van der Waals surface area contributed by atoms with E-state index in [2.05, 4.69) is 23.1 Å². The minimum absolute atomic E-state index is 0.683. The van der Waals surface area contributed by atoms with E-state index in [1.807, 2.05) is 18.2 Å². The van der Waals surface area contributed by atoms with E-state index in [0.29, 0.717) is 13.2 Å². The van der Waals surface area contributed by atoms with E-state index in [0.717, 1.165) is 19.7 Å². The van der Waals surface area contributed by atoms with Crippen LogP contribution in [0, 0.1) is 0 Å². The lowest BCUT2D eigenvalue weighted by Gasteiger charge is -2.19. The van der Waals surface area contributed by atoms with Crippen LogP contribution >= 0.6 is 0 Å². The van der Waals surface area contributed by atoms with E-state index in [4.69, 9.17) is 9.47 Å². The third-order valence-corrected chi connectivity index (χ3v) is 3.38. The predicted molar refractivity (Wildman–Crippen MR) is 76.9 cm³/mol. The smallest absolute Gasteiger partial charge is 0.0721 e. The molecule has 1 heterocycles. The van der Waals surface area contributed by atoms with Gasteiger partial charge in [-0.25, -0.2) is 0 Å². The van der Waals surface area contributed by atoms with Crippen molar-refractivity contribution < 1.29 is 9.47 Å². The maximum Gasteiger partial charge on any atom is 0.0721 e. The lowest BCUT2D eigenvalue weighted by molar-refractivity contribution is 0.145.